The first-order valence-corrected chi connectivity index (χ1v) is 5.85. The fraction of sp³-hybridized carbons (Fsp3) is 0.231. The monoisotopic (exact) mass is 246 g/mol. The van der Waals surface area contributed by atoms with E-state index in [1.165, 1.54) is 0 Å². The molecule has 1 aliphatic rings. The van der Waals surface area contributed by atoms with Gasteiger partial charge in [-0.15, -0.1) is 11.3 Å². The third kappa shape index (κ3) is 1.85. The van der Waals surface area contributed by atoms with Crippen molar-refractivity contribution in [3.8, 4) is 5.75 Å². The van der Waals surface area contributed by atoms with Crippen molar-refractivity contribution in [3.63, 3.8) is 0 Å². The zero-order chi connectivity index (χ0) is 11.1. The van der Waals surface area contributed by atoms with Crippen molar-refractivity contribution >= 4 is 22.7 Å². The fourth-order valence-electron chi connectivity index (χ4n) is 1.68. The summed E-state index contributed by atoms with van der Waals surface area (Å²) in [5, 5.41) is 3.04. The highest BCUT2D eigenvalue weighted by atomic mass is 32.1. The number of hydrogen-bond donors (Lipinski definition) is 0. The van der Waals surface area contributed by atoms with E-state index in [2.05, 4.69) is 9.98 Å². The third-order valence-electron chi connectivity index (χ3n) is 2.51. The number of aromatic nitrogens is 1. The van der Waals surface area contributed by atoms with E-state index < -0.39 is 0 Å². The molecule has 0 N–H and O–H groups in total. The van der Waals surface area contributed by atoms with Crippen LogP contribution in [0, 0.1) is 6.92 Å². The van der Waals surface area contributed by atoms with E-state index in [0.717, 1.165) is 33.4 Å². The normalized spacial score (nSPS) is 12.0. The largest absolute Gasteiger partial charge is 0.497 e. The first-order chi connectivity index (χ1) is 7.78. The summed E-state index contributed by atoms with van der Waals surface area (Å²) < 4.78 is 5.15. The van der Waals surface area contributed by atoms with Crippen molar-refractivity contribution in [3.05, 3.63) is 39.8 Å². The molecular formula is C13H14N2OS. The average molecular weight is 246 g/mol. The molecule has 1 aromatic carbocycles. The number of nitrogens with zero attached hydrogens (tertiary/aromatic N) is 2. The molecule has 4 heteroatoms. The van der Waals surface area contributed by atoms with Gasteiger partial charge in [0.2, 0.25) is 0 Å². The predicted octanol–water partition coefficient (Wildman–Crippen LogP) is 3.58. The first-order valence-electron chi connectivity index (χ1n) is 4.97. The van der Waals surface area contributed by atoms with Gasteiger partial charge in [0.25, 0.3) is 0 Å². The van der Waals surface area contributed by atoms with Gasteiger partial charge in [-0.25, -0.2) is 9.98 Å². The number of rotatable bonds is 2. The molecule has 0 radical (unpaired) electrons. The molecule has 0 aliphatic carbocycles. The molecule has 3 rings (SSSR count). The number of benzene rings is 1. The van der Waals surface area contributed by atoms with Crippen molar-refractivity contribution in [2.75, 3.05) is 7.11 Å². The van der Waals surface area contributed by atoms with Crippen LogP contribution in [0.15, 0.2) is 28.6 Å². The van der Waals surface area contributed by atoms with E-state index in [0.29, 0.717) is 0 Å². The molecule has 17 heavy (non-hydrogen) atoms. The van der Waals surface area contributed by atoms with Crippen LogP contribution in [0.3, 0.4) is 0 Å². The number of methoxy groups -OCH3 is 1. The number of aliphatic imine (C=N–C) groups is 1. The van der Waals surface area contributed by atoms with Crippen LogP contribution in [0.1, 0.15) is 23.7 Å². The Morgan fingerprint density at radius 3 is 2.71 bits per heavy atom. The van der Waals surface area contributed by atoms with Crippen LogP contribution in [0.2, 0.25) is 0 Å². The maximum absolute atomic E-state index is 5.15. The summed E-state index contributed by atoms with van der Waals surface area (Å²) in [5.74, 6) is 0.844. The Bertz CT molecular complexity index is 587. The van der Waals surface area contributed by atoms with Gasteiger partial charge in [-0.3, -0.25) is 0 Å². The van der Waals surface area contributed by atoms with Gasteiger partial charge in [0.1, 0.15) is 16.5 Å². The van der Waals surface area contributed by atoms with Gasteiger partial charge in [0.15, 0.2) is 0 Å². The lowest BCUT2D eigenvalue weighted by Crippen LogP contribution is -2.10. The highest BCUT2D eigenvalue weighted by Crippen LogP contribution is 2.36. The quantitative estimate of drug-likeness (QED) is 0.692. The molecule has 0 saturated carbocycles. The molecule has 2 heterocycles. The smallest absolute Gasteiger partial charge is 0.142 e. The lowest BCUT2D eigenvalue weighted by atomic mass is 10.0. The summed E-state index contributed by atoms with van der Waals surface area (Å²) in [6, 6.07) is 5.93. The molecule has 0 fully saturated rings. The Hall–Kier alpha value is -1.68. The topological polar surface area (TPSA) is 34.5 Å². The van der Waals surface area contributed by atoms with Crippen molar-refractivity contribution in [1.29, 1.82) is 0 Å². The number of hydrogen-bond acceptors (Lipinski definition) is 4. The first kappa shape index (κ1) is 11.8. The molecule has 1 aliphatic heterocycles. The van der Waals surface area contributed by atoms with E-state index in [1.807, 2.05) is 30.5 Å². The van der Waals surface area contributed by atoms with Crippen LogP contribution >= 0.6 is 11.3 Å². The maximum Gasteiger partial charge on any atom is 0.142 e. The minimum Gasteiger partial charge on any atom is -0.497 e. The summed E-state index contributed by atoms with van der Waals surface area (Å²) in [7, 11) is 1.66. The SMILES string of the molecule is C.COc1ccc2c(c1)N=C2c1nc(C)cs1. The predicted molar refractivity (Wildman–Crippen MR) is 71.9 cm³/mol. The fourth-order valence-corrected chi connectivity index (χ4v) is 2.48. The molecule has 0 bridgehead atoms. The van der Waals surface area contributed by atoms with Gasteiger partial charge in [-0.05, 0) is 19.1 Å². The Morgan fingerprint density at radius 2 is 2.12 bits per heavy atom. The summed E-state index contributed by atoms with van der Waals surface area (Å²) >= 11 is 1.63. The zero-order valence-electron chi connectivity index (χ0n) is 9.02. The molecule has 0 atom stereocenters. The zero-order valence-corrected chi connectivity index (χ0v) is 9.84. The van der Waals surface area contributed by atoms with Crippen LogP contribution < -0.4 is 4.74 Å². The second kappa shape index (κ2) is 4.30. The highest BCUT2D eigenvalue weighted by molar-refractivity contribution is 7.12. The second-order valence-corrected chi connectivity index (χ2v) is 4.50. The maximum atomic E-state index is 5.15. The number of thiazole rings is 1. The van der Waals surface area contributed by atoms with Crippen molar-refractivity contribution < 1.29 is 4.74 Å². The van der Waals surface area contributed by atoms with Gasteiger partial charge in [-0.2, -0.15) is 0 Å². The molecule has 0 spiro atoms. The van der Waals surface area contributed by atoms with Crippen LogP contribution in [0.4, 0.5) is 5.69 Å². The lowest BCUT2D eigenvalue weighted by Gasteiger charge is -2.17. The van der Waals surface area contributed by atoms with E-state index in [1.54, 1.807) is 18.4 Å². The molecule has 88 valence electrons. The highest BCUT2D eigenvalue weighted by Gasteiger charge is 2.22. The van der Waals surface area contributed by atoms with Gasteiger partial charge in [0.05, 0.1) is 12.8 Å². The number of aryl methyl sites for hydroxylation is 1. The van der Waals surface area contributed by atoms with Gasteiger partial charge in [0, 0.05) is 22.7 Å². The Labute approximate surface area is 105 Å². The van der Waals surface area contributed by atoms with Gasteiger partial charge < -0.3 is 4.74 Å². The number of ether oxygens (including phenoxy) is 1. The minimum absolute atomic E-state index is 0. The molecule has 0 unspecified atom stereocenters. The van der Waals surface area contributed by atoms with Crippen molar-refractivity contribution in [1.82, 2.24) is 4.98 Å². The Balaban J connectivity index is 0.00000108. The lowest BCUT2D eigenvalue weighted by molar-refractivity contribution is 0.415. The standard InChI is InChI=1S/C12H10N2OS.CH4/c1-7-6-16-12(13-7)11-9-4-3-8(15-2)5-10(9)14-11;/h3-6H,1-2H3;1H4. The average Bonchev–Trinajstić information content (AvgIpc) is 2.66. The second-order valence-electron chi connectivity index (χ2n) is 3.64. The third-order valence-corrected chi connectivity index (χ3v) is 3.48. The molecule has 2 aromatic rings. The Kier molecular flexibility index (Phi) is 2.98. The van der Waals surface area contributed by atoms with E-state index >= 15 is 0 Å². The molecule has 0 saturated heterocycles. The molecule has 1 aromatic heterocycles. The van der Waals surface area contributed by atoms with Crippen LogP contribution in [0.25, 0.3) is 0 Å². The minimum atomic E-state index is 0. The molecule has 3 nitrogen and oxygen atoms in total. The van der Waals surface area contributed by atoms with E-state index in [4.69, 9.17) is 4.74 Å². The van der Waals surface area contributed by atoms with E-state index in [-0.39, 0.29) is 7.43 Å². The summed E-state index contributed by atoms with van der Waals surface area (Å²) in [6.07, 6.45) is 0. The summed E-state index contributed by atoms with van der Waals surface area (Å²) in [6.45, 7) is 1.99. The van der Waals surface area contributed by atoms with Crippen LogP contribution in [-0.2, 0) is 0 Å². The molecular weight excluding hydrogens is 232 g/mol. The number of fused-ring (bicyclic) bond motifs is 1. The summed E-state index contributed by atoms with van der Waals surface area (Å²) in [5.41, 5.74) is 4.19. The van der Waals surface area contributed by atoms with Gasteiger partial charge >= 0.3 is 0 Å². The van der Waals surface area contributed by atoms with Gasteiger partial charge in [-0.1, -0.05) is 7.43 Å². The van der Waals surface area contributed by atoms with Crippen LogP contribution in [0.5, 0.6) is 5.75 Å². The van der Waals surface area contributed by atoms with Crippen molar-refractivity contribution in [2.24, 2.45) is 4.99 Å². The van der Waals surface area contributed by atoms with Crippen LogP contribution in [-0.4, -0.2) is 17.8 Å². The van der Waals surface area contributed by atoms with Crippen molar-refractivity contribution in [2.45, 2.75) is 14.4 Å². The molecule has 0 amide bonds. The Morgan fingerprint density at radius 1 is 1.29 bits per heavy atom. The van der Waals surface area contributed by atoms with E-state index in [9.17, 15) is 0 Å². The summed E-state index contributed by atoms with van der Waals surface area (Å²) in [4.78, 5) is 8.89.